The fourth-order valence-electron chi connectivity index (χ4n) is 3.80. The molecule has 1 aliphatic rings. The van der Waals surface area contributed by atoms with Crippen molar-refractivity contribution in [2.24, 2.45) is 0 Å². The summed E-state index contributed by atoms with van der Waals surface area (Å²) in [6.07, 6.45) is 0.741. The molecule has 0 atom stereocenters. The van der Waals surface area contributed by atoms with Gasteiger partial charge in [0.2, 0.25) is 0 Å². The molecular formula is C26H26N2O3. The molecule has 0 unspecified atom stereocenters. The third-order valence-corrected chi connectivity index (χ3v) is 5.42. The predicted molar refractivity (Wildman–Crippen MR) is 121 cm³/mol. The van der Waals surface area contributed by atoms with E-state index in [2.05, 4.69) is 0 Å². The summed E-state index contributed by atoms with van der Waals surface area (Å²) >= 11 is 0. The van der Waals surface area contributed by atoms with Gasteiger partial charge in [-0.1, -0.05) is 48.0 Å². The number of para-hydroxylation sites is 2. The normalized spacial score (nSPS) is 14.1. The zero-order valence-electron chi connectivity index (χ0n) is 17.7. The molecule has 1 saturated heterocycles. The second-order valence-corrected chi connectivity index (χ2v) is 7.72. The van der Waals surface area contributed by atoms with Crippen LogP contribution in [0.5, 0.6) is 11.5 Å². The molecule has 1 aliphatic heterocycles. The van der Waals surface area contributed by atoms with Crippen molar-refractivity contribution in [1.82, 2.24) is 9.80 Å². The zero-order valence-corrected chi connectivity index (χ0v) is 17.7. The van der Waals surface area contributed by atoms with Gasteiger partial charge < -0.3 is 14.5 Å². The number of carbonyl (C=O) groups excluding carboxylic acids is 2. The van der Waals surface area contributed by atoms with Crippen molar-refractivity contribution in [1.29, 1.82) is 0 Å². The maximum atomic E-state index is 13.3. The molecular weight excluding hydrogens is 388 g/mol. The minimum absolute atomic E-state index is 0.0193. The number of hydrogen-bond acceptors (Lipinski definition) is 3. The van der Waals surface area contributed by atoms with Crippen molar-refractivity contribution >= 4 is 11.8 Å². The number of amides is 2. The topological polar surface area (TPSA) is 49.9 Å². The second kappa shape index (κ2) is 9.47. The molecule has 4 rings (SSSR count). The minimum Gasteiger partial charge on any atom is -0.457 e. The van der Waals surface area contributed by atoms with Gasteiger partial charge >= 0.3 is 0 Å². The van der Waals surface area contributed by atoms with Crippen LogP contribution in [-0.4, -0.2) is 47.8 Å². The predicted octanol–water partition coefficient (Wildman–Crippen LogP) is 4.78. The lowest BCUT2D eigenvalue weighted by atomic mass is 10.1. The Morgan fingerprint density at radius 1 is 0.742 bits per heavy atom. The molecule has 1 heterocycles. The fourth-order valence-corrected chi connectivity index (χ4v) is 3.80. The molecule has 2 amide bonds. The summed E-state index contributed by atoms with van der Waals surface area (Å²) in [4.78, 5) is 29.9. The quantitative estimate of drug-likeness (QED) is 0.618. The van der Waals surface area contributed by atoms with Gasteiger partial charge in [0, 0.05) is 31.7 Å². The molecule has 3 aromatic carbocycles. The van der Waals surface area contributed by atoms with Crippen LogP contribution in [0.3, 0.4) is 0 Å². The van der Waals surface area contributed by atoms with Crippen molar-refractivity contribution < 1.29 is 14.3 Å². The van der Waals surface area contributed by atoms with Crippen molar-refractivity contribution in [3.8, 4) is 11.5 Å². The first-order valence-electron chi connectivity index (χ1n) is 10.6. The molecule has 3 aromatic rings. The molecule has 0 saturated carbocycles. The Morgan fingerprint density at radius 2 is 1.42 bits per heavy atom. The van der Waals surface area contributed by atoms with Crippen LogP contribution in [0.15, 0.2) is 78.9 Å². The molecule has 0 N–H and O–H groups in total. The van der Waals surface area contributed by atoms with Crippen molar-refractivity contribution in [3.63, 3.8) is 0 Å². The maximum Gasteiger partial charge on any atom is 0.257 e. The number of benzene rings is 3. The van der Waals surface area contributed by atoms with E-state index in [9.17, 15) is 9.59 Å². The highest BCUT2D eigenvalue weighted by molar-refractivity contribution is 5.97. The molecule has 0 aromatic heterocycles. The van der Waals surface area contributed by atoms with E-state index in [4.69, 9.17) is 4.74 Å². The molecule has 0 radical (unpaired) electrons. The lowest BCUT2D eigenvalue weighted by Crippen LogP contribution is -2.37. The SMILES string of the molecule is Cc1cccc(C(=O)N2CCCN(C(=O)c3ccccc3Oc3ccccc3)CC2)c1. The Balaban J connectivity index is 1.46. The largest absolute Gasteiger partial charge is 0.457 e. The smallest absolute Gasteiger partial charge is 0.257 e. The molecule has 1 fully saturated rings. The van der Waals surface area contributed by atoms with Gasteiger partial charge in [0.05, 0.1) is 5.56 Å². The second-order valence-electron chi connectivity index (χ2n) is 7.72. The van der Waals surface area contributed by atoms with E-state index < -0.39 is 0 Å². The van der Waals surface area contributed by atoms with Crippen LogP contribution in [0, 0.1) is 6.92 Å². The van der Waals surface area contributed by atoms with Gasteiger partial charge in [0.15, 0.2) is 0 Å². The van der Waals surface area contributed by atoms with Crippen LogP contribution >= 0.6 is 0 Å². The number of hydrogen-bond donors (Lipinski definition) is 0. The summed E-state index contributed by atoms with van der Waals surface area (Å²) in [7, 11) is 0. The van der Waals surface area contributed by atoms with Crippen LogP contribution in [0.2, 0.25) is 0 Å². The highest BCUT2D eigenvalue weighted by Crippen LogP contribution is 2.26. The highest BCUT2D eigenvalue weighted by atomic mass is 16.5. The Bertz CT molecular complexity index is 1070. The Labute approximate surface area is 182 Å². The van der Waals surface area contributed by atoms with E-state index >= 15 is 0 Å². The van der Waals surface area contributed by atoms with E-state index in [0.717, 1.165) is 12.0 Å². The number of nitrogens with zero attached hydrogens (tertiary/aromatic N) is 2. The van der Waals surface area contributed by atoms with Gasteiger partial charge in [0.25, 0.3) is 11.8 Å². The summed E-state index contributed by atoms with van der Waals surface area (Å²) in [6, 6.07) is 24.4. The summed E-state index contributed by atoms with van der Waals surface area (Å²) < 4.78 is 5.97. The molecule has 0 bridgehead atoms. The van der Waals surface area contributed by atoms with E-state index in [0.29, 0.717) is 48.8 Å². The van der Waals surface area contributed by atoms with Gasteiger partial charge in [-0.3, -0.25) is 9.59 Å². The van der Waals surface area contributed by atoms with Gasteiger partial charge in [-0.25, -0.2) is 0 Å². The lowest BCUT2D eigenvalue weighted by molar-refractivity contribution is 0.0717. The Kier molecular flexibility index (Phi) is 6.32. The van der Waals surface area contributed by atoms with E-state index in [1.807, 2.05) is 89.5 Å². The van der Waals surface area contributed by atoms with Crippen molar-refractivity contribution in [2.45, 2.75) is 13.3 Å². The van der Waals surface area contributed by atoms with E-state index in [1.54, 1.807) is 6.07 Å². The van der Waals surface area contributed by atoms with Crippen molar-refractivity contribution in [2.75, 3.05) is 26.2 Å². The van der Waals surface area contributed by atoms with Gasteiger partial charge in [-0.15, -0.1) is 0 Å². The number of ether oxygens (including phenoxy) is 1. The van der Waals surface area contributed by atoms with E-state index in [1.165, 1.54) is 0 Å². The molecule has 0 spiro atoms. The van der Waals surface area contributed by atoms with E-state index in [-0.39, 0.29) is 11.8 Å². The number of carbonyl (C=O) groups is 2. The van der Waals surface area contributed by atoms with Crippen LogP contribution in [-0.2, 0) is 0 Å². The summed E-state index contributed by atoms with van der Waals surface area (Å²) in [6.45, 7) is 4.24. The van der Waals surface area contributed by atoms with Crippen LogP contribution < -0.4 is 4.74 Å². The average molecular weight is 415 g/mol. The zero-order chi connectivity index (χ0) is 21.6. The van der Waals surface area contributed by atoms with Gasteiger partial charge in [-0.2, -0.15) is 0 Å². The van der Waals surface area contributed by atoms with Crippen LogP contribution in [0.4, 0.5) is 0 Å². The summed E-state index contributed by atoms with van der Waals surface area (Å²) in [5, 5.41) is 0. The Hall–Kier alpha value is -3.60. The summed E-state index contributed by atoms with van der Waals surface area (Å²) in [5.74, 6) is 1.17. The molecule has 158 valence electrons. The van der Waals surface area contributed by atoms with Crippen LogP contribution in [0.25, 0.3) is 0 Å². The fraction of sp³-hybridized carbons (Fsp3) is 0.231. The first kappa shape index (κ1) is 20.7. The van der Waals surface area contributed by atoms with Crippen molar-refractivity contribution in [3.05, 3.63) is 95.6 Å². The molecule has 31 heavy (non-hydrogen) atoms. The molecule has 5 nitrogen and oxygen atoms in total. The highest BCUT2D eigenvalue weighted by Gasteiger charge is 2.25. The van der Waals surface area contributed by atoms with Gasteiger partial charge in [0.1, 0.15) is 11.5 Å². The average Bonchev–Trinajstić information content (AvgIpc) is 3.06. The third-order valence-electron chi connectivity index (χ3n) is 5.42. The maximum absolute atomic E-state index is 13.3. The standard InChI is InChI=1S/C26H26N2O3/c1-20-9-7-10-21(19-20)25(29)27-15-8-16-28(18-17-27)26(30)23-13-5-6-14-24(23)31-22-11-3-2-4-12-22/h2-7,9-14,19H,8,15-18H2,1H3. The minimum atomic E-state index is -0.0728. The molecule has 0 aliphatic carbocycles. The Morgan fingerprint density at radius 3 is 2.16 bits per heavy atom. The third kappa shape index (κ3) is 4.94. The van der Waals surface area contributed by atoms with Crippen LogP contribution in [0.1, 0.15) is 32.7 Å². The molecule has 5 heteroatoms. The number of rotatable bonds is 4. The monoisotopic (exact) mass is 414 g/mol. The first-order chi connectivity index (χ1) is 15.1. The summed E-state index contributed by atoms with van der Waals surface area (Å²) in [5.41, 5.74) is 2.29. The number of aryl methyl sites for hydroxylation is 1. The first-order valence-corrected chi connectivity index (χ1v) is 10.6. The van der Waals surface area contributed by atoms with Gasteiger partial charge in [-0.05, 0) is 49.7 Å². The lowest BCUT2D eigenvalue weighted by Gasteiger charge is -2.23.